The van der Waals surface area contributed by atoms with E-state index in [1.54, 1.807) is 11.3 Å². The molecule has 4 rings (SSSR count). The molecule has 6 nitrogen and oxygen atoms in total. The van der Waals surface area contributed by atoms with Crippen molar-refractivity contribution in [3.8, 4) is 11.3 Å². The van der Waals surface area contributed by atoms with E-state index >= 15 is 0 Å². The van der Waals surface area contributed by atoms with Gasteiger partial charge in [0.25, 0.3) is 0 Å². The summed E-state index contributed by atoms with van der Waals surface area (Å²) >= 11 is 1.64. The Labute approximate surface area is 113 Å². The summed E-state index contributed by atoms with van der Waals surface area (Å²) in [4.78, 5) is 8.46. The first kappa shape index (κ1) is 10.9. The van der Waals surface area contributed by atoms with Gasteiger partial charge in [-0.05, 0) is 11.4 Å². The van der Waals surface area contributed by atoms with E-state index in [1.807, 2.05) is 16.1 Å². The number of nitrogens with one attached hydrogen (secondary N) is 1. The van der Waals surface area contributed by atoms with Crippen LogP contribution in [0, 0.1) is 0 Å². The van der Waals surface area contributed by atoms with Crippen LogP contribution in [0.3, 0.4) is 0 Å². The van der Waals surface area contributed by atoms with Crippen LogP contribution in [-0.4, -0.2) is 32.8 Å². The zero-order chi connectivity index (χ0) is 12.8. The highest BCUT2D eigenvalue weighted by molar-refractivity contribution is 7.08. The lowest BCUT2D eigenvalue weighted by atomic mass is 10.2. The van der Waals surface area contributed by atoms with Crippen LogP contribution >= 0.6 is 11.3 Å². The molecular weight excluding hydrogens is 260 g/mol. The number of nitrogen functional groups attached to an aromatic ring is 1. The largest absolute Gasteiger partial charge is 0.383 e. The molecule has 4 heterocycles. The Bertz CT molecular complexity index is 728. The normalized spacial score (nSPS) is 15.8. The molecule has 96 valence electrons. The highest BCUT2D eigenvalue weighted by Gasteiger charge is 2.25. The molecule has 0 saturated carbocycles. The summed E-state index contributed by atoms with van der Waals surface area (Å²) < 4.78 is 1.97. The van der Waals surface area contributed by atoms with E-state index in [-0.39, 0.29) is 0 Å². The minimum atomic E-state index is 0.351. The maximum atomic E-state index is 6.02. The standard InChI is InChI=1S/C12H12N6S/c13-11-9-10(7-1-2-19-5-7)17-18(8-3-14-4-8)12(9)16-6-15-11/h1-2,5-6,8,14H,3-4H2,(H2,13,15,16). The molecule has 1 aliphatic rings. The first-order valence-electron chi connectivity index (χ1n) is 6.06. The van der Waals surface area contributed by atoms with Gasteiger partial charge in [0.1, 0.15) is 17.8 Å². The molecule has 7 heteroatoms. The van der Waals surface area contributed by atoms with Crippen molar-refractivity contribution in [3.63, 3.8) is 0 Å². The molecule has 0 amide bonds. The zero-order valence-corrected chi connectivity index (χ0v) is 10.9. The summed E-state index contributed by atoms with van der Waals surface area (Å²) in [5.74, 6) is 0.490. The Morgan fingerprint density at radius 2 is 2.26 bits per heavy atom. The Hall–Kier alpha value is -1.99. The summed E-state index contributed by atoms with van der Waals surface area (Å²) in [6.07, 6.45) is 1.50. The predicted octanol–water partition coefficient (Wildman–Crippen LogP) is 1.28. The number of aromatic nitrogens is 4. The highest BCUT2D eigenvalue weighted by Crippen LogP contribution is 2.32. The minimum absolute atomic E-state index is 0.351. The lowest BCUT2D eigenvalue weighted by Gasteiger charge is -2.27. The van der Waals surface area contributed by atoms with Gasteiger partial charge in [0, 0.05) is 24.0 Å². The van der Waals surface area contributed by atoms with Crippen LogP contribution in [0.4, 0.5) is 5.82 Å². The van der Waals surface area contributed by atoms with Crippen molar-refractivity contribution in [2.75, 3.05) is 18.8 Å². The monoisotopic (exact) mass is 272 g/mol. The van der Waals surface area contributed by atoms with Gasteiger partial charge in [0.15, 0.2) is 5.65 Å². The van der Waals surface area contributed by atoms with Crippen molar-refractivity contribution in [1.82, 2.24) is 25.1 Å². The van der Waals surface area contributed by atoms with Crippen LogP contribution in [-0.2, 0) is 0 Å². The topological polar surface area (TPSA) is 81.7 Å². The third-order valence-electron chi connectivity index (χ3n) is 3.42. The van der Waals surface area contributed by atoms with Crippen molar-refractivity contribution < 1.29 is 0 Å². The van der Waals surface area contributed by atoms with Crippen molar-refractivity contribution in [3.05, 3.63) is 23.2 Å². The molecular formula is C12H12N6S. The van der Waals surface area contributed by atoms with Gasteiger partial charge >= 0.3 is 0 Å². The van der Waals surface area contributed by atoms with E-state index in [4.69, 9.17) is 10.8 Å². The zero-order valence-electron chi connectivity index (χ0n) is 10.1. The molecule has 1 fully saturated rings. The molecule has 3 aromatic heterocycles. The SMILES string of the molecule is Nc1ncnc2c1c(-c1ccsc1)nn2C1CNC1. The molecule has 1 aliphatic heterocycles. The average molecular weight is 272 g/mol. The highest BCUT2D eigenvalue weighted by atomic mass is 32.1. The third kappa shape index (κ3) is 1.55. The van der Waals surface area contributed by atoms with Crippen molar-refractivity contribution in [2.45, 2.75) is 6.04 Å². The van der Waals surface area contributed by atoms with E-state index < -0.39 is 0 Å². The smallest absolute Gasteiger partial charge is 0.164 e. The molecule has 0 aliphatic carbocycles. The second-order valence-electron chi connectivity index (χ2n) is 4.57. The summed E-state index contributed by atoms with van der Waals surface area (Å²) in [7, 11) is 0. The summed E-state index contributed by atoms with van der Waals surface area (Å²) in [5, 5.41) is 12.9. The minimum Gasteiger partial charge on any atom is -0.383 e. The molecule has 3 N–H and O–H groups in total. The molecule has 0 radical (unpaired) electrons. The van der Waals surface area contributed by atoms with Gasteiger partial charge in [0.2, 0.25) is 0 Å². The molecule has 3 aromatic rings. The van der Waals surface area contributed by atoms with Gasteiger partial charge in [-0.25, -0.2) is 14.6 Å². The lowest BCUT2D eigenvalue weighted by Crippen LogP contribution is -2.43. The summed E-state index contributed by atoms with van der Waals surface area (Å²) in [6, 6.07) is 2.39. The van der Waals surface area contributed by atoms with E-state index in [1.165, 1.54) is 6.33 Å². The number of rotatable bonds is 2. The quantitative estimate of drug-likeness (QED) is 0.734. The van der Waals surface area contributed by atoms with E-state index in [9.17, 15) is 0 Å². The molecule has 0 atom stereocenters. The molecule has 19 heavy (non-hydrogen) atoms. The summed E-state index contributed by atoms with van der Waals surface area (Å²) in [5.41, 5.74) is 8.79. The van der Waals surface area contributed by atoms with E-state index in [2.05, 4.69) is 20.7 Å². The maximum absolute atomic E-state index is 6.02. The van der Waals surface area contributed by atoms with Gasteiger partial charge in [-0.1, -0.05) is 0 Å². The van der Waals surface area contributed by atoms with Crippen LogP contribution < -0.4 is 11.1 Å². The number of nitrogens with zero attached hydrogens (tertiary/aromatic N) is 4. The van der Waals surface area contributed by atoms with Gasteiger partial charge in [-0.2, -0.15) is 16.4 Å². The van der Waals surface area contributed by atoms with Gasteiger partial charge in [-0.15, -0.1) is 0 Å². The second kappa shape index (κ2) is 4.01. The number of thiophene rings is 1. The fourth-order valence-electron chi connectivity index (χ4n) is 2.30. The van der Waals surface area contributed by atoms with E-state index in [0.29, 0.717) is 11.9 Å². The first-order chi connectivity index (χ1) is 9.34. The fourth-order valence-corrected chi connectivity index (χ4v) is 2.94. The Balaban J connectivity index is 2.02. The molecule has 0 unspecified atom stereocenters. The molecule has 0 spiro atoms. The first-order valence-corrected chi connectivity index (χ1v) is 7.01. The van der Waals surface area contributed by atoms with Crippen LogP contribution in [0.5, 0.6) is 0 Å². The van der Waals surface area contributed by atoms with Crippen molar-refractivity contribution >= 4 is 28.2 Å². The Morgan fingerprint density at radius 3 is 2.95 bits per heavy atom. The van der Waals surface area contributed by atoms with Gasteiger partial charge < -0.3 is 11.1 Å². The van der Waals surface area contributed by atoms with Crippen LogP contribution in [0.15, 0.2) is 23.2 Å². The van der Waals surface area contributed by atoms with Crippen molar-refractivity contribution in [1.29, 1.82) is 0 Å². The van der Waals surface area contributed by atoms with Gasteiger partial charge in [0.05, 0.1) is 11.4 Å². The van der Waals surface area contributed by atoms with E-state index in [0.717, 1.165) is 35.4 Å². The summed E-state index contributed by atoms with van der Waals surface area (Å²) in [6.45, 7) is 1.84. The molecule has 0 bridgehead atoms. The number of hydrogen-bond acceptors (Lipinski definition) is 6. The second-order valence-corrected chi connectivity index (χ2v) is 5.35. The number of anilines is 1. The number of fused-ring (bicyclic) bond motifs is 1. The number of hydrogen-bond donors (Lipinski definition) is 2. The van der Waals surface area contributed by atoms with Crippen molar-refractivity contribution in [2.24, 2.45) is 0 Å². The molecule has 0 aromatic carbocycles. The predicted molar refractivity (Wildman–Crippen MR) is 75.0 cm³/mol. The number of nitrogens with two attached hydrogens (primary N) is 1. The maximum Gasteiger partial charge on any atom is 0.164 e. The third-order valence-corrected chi connectivity index (χ3v) is 4.10. The van der Waals surface area contributed by atoms with Crippen LogP contribution in [0.25, 0.3) is 22.3 Å². The van der Waals surface area contributed by atoms with Gasteiger partial charge in [-0.3, -0.25) is 0 Å². The molecule has 1 saturated heterocycles. The lowest BCUT2D eigenvalue weighted by molar-refractivity contribution is 0.325. The Kier molecular flexibility index (Phi) is 2.30. The Morgan fingerprint density at radius 1 is 1.37 bits per heavy atom. The average Bonchev–Trinajstić information content (AvgIpc) is 2.95. The van der Waals surface area contributed by atoms with Crippen LogP contribution in [0.2, 0.25) is 0 Å². The fraction of sp³-hybridized carbons (Fsp3) is 0.250. The van der Waals surface area contributed by atoms with Crippen LogP contribution in [0.1, 0.15) is 6.04 Å².